The molecule has 1 aliphatic carbocycles. The number of hydrogen-bond acceptors (Lipinski definition) is 2. The number of rotatable bonds is 5. The van der Waals surface area contributed by atoms with E-state index in [0.29, 0.717) is 6.04 Å². The van der Waals surface area contributed by atoms with Gasteiger partial charge in [0.2, 0.25) is 0 Å². The molecule has 104 valence electrons. The first-order chi connectivity index (χ1) is 9.08. The molecule has 0 saturated heterocycles. The van der Waals surface area contributed by atoms with Gasteiger partial charge in [0, 0.05) is 12.1 Å². The molecule has 1 aromatic carbocycles. The number of nitrogens with zero attached hydrogens (tertiary/aromatic N) is 1. The summed E-state index contributed by atoms with van der Waals surface area (Å²) in [5.74, 6) is -1.10. The highest BCUT2D eigenvalue weighted by Gasteiger charge is 2.28. The minimum Gasteiger partial charge on any atom is -0.480 e. The largest absolute Gasteiger partial charge is 0.480 e. The van der Waals surface area contributed by atoms with Gasteiger partial charge in [-0.1, -0.05) is 25.0 Å². The van der Waals surface area contributed by atoms with E-state index in [2.05, 4.69) is 0 Å². The van der Waals surface area contributed by atoms with Crippen LogP contribution in [0.5, 0.6) is 0 Å². The number of carboxylic acid groups (broad SMARTS) is 1. The molecule has 0 heterocycles. The zero-order valence-electron chi connectivity index (χ0n) is 11.2. The number of halogens is 1. The Morgan fingerprint density at radius 2 is 2.16 bits per heavy atom. The Morgan fingerprint density at radius 3 is 2.74 bits per heavy atom. The van der Waals surface area contributed by atoms with Crippen molar-refractivity contribution >= 4 is 5.97 Å². The molecular formula is C15H20FNO2. The van der Waals surface area contributed by atoms with Crippen molar-refractivity contribution in [3.8, 4) is 0 Å². The normalized spacial score (nSPS) is 17.8. The molecule has 1 saturated carbocycles. The summed E-state index contributed by atoms with van der Waals surface area (Å²) in [6.07, 6.45) is 4.37. The van der Waals surface area contributed by atoms with Gasteiger partial charge >= 0.3 is 5.97 Å². The SMILES string of the molecule is CC(c1cccc(F)c1)N(CC(=O)O)C1CCCC1. The van der Waals surface area contributed by atoms with E-state index in [0.717, 1.165) is 31.2 Å². The van der Waals surface area contributed by atoms with Crippen LogP contribution in [0.15, 0.2) is 24.3 Å². The molecule has 19 heavy (non-hydrogen) atoms. The Balaban J connectivity index is 2.18. The Bertz CT molecular complexity index is 444. The van der Waals surface area contributed by atoms with Crippen molar-refractivity contribution in [2.24, 2.45) is 0 Å². The molecule has 0 aliphatic heterocycles. The predicted octanol–water partition coefficient (Wildman–Crippen LogP) is 3.22. The van der Waals surface area contributed by atoms with Crippen molar-refractivity contribution < 1.29 is 14.3 Å². The zero-order valence-corrected chi connectivity index (χ0v) is 11.2. The second kappa shape index (κ2) is 6.15. The third-order valence-corrected chi connectivity index (χ3v) is 3.94. The van der Waals surface area contributed by atoms with Crippen LogP contribution in [-0.4, -0.2) is 28.6 Å². The summed E-state index contributed by atoms with van der Waals surface area (Å²) in [4.78, 5) is 13.0. The van der Waals surface area contributed by atoms with Crippen molar-refractivity contribution in [2.75, 3.05) is 6.54 Å². The first kappa shape index (κ1) is 14.0. The Hall–Kier alpha value is -1.42. The smallest absolute Gasteiger partial charge is 0.317 e. The van der Waals surface area contributed by atoms with E-state index in [4.69, 9.17) is 5.11 Å². The first-order valence-electron chi connectivity index (χ1n) is 6.81. The molecular weight excluding hydrogens is 245 g/mol. The number of hydrogen-bond donors (Lipinski definition) is 1. The van der Waals surface area contributed by atoms with Crippen molar-refractivity contribution in [1.29, 1.82) is 0 Å². The zero-order chi connectivity index (χ0) is 13.8. The maximum atomic E-state index is 13.3. The minimum absolute atomic E-state index is 0.0162. The second-order valence-electron chi connectivity index (χ2n) is 5.24. The van der Waals surface area contributed by atoms with E-state index in [1.54, 1.807) is 6.07 Å². The van der Waals surface area contributed by atoms with Crippen LogP contribution in [0.25, 0.3) is 0 Å². The van der Waals surface area contributed by atoms with E-state index < -0.39 is 5.97 Å². The lowest BCUT2D eigenvalue weighted by atomic mass is 10.0. The molecule has 1 N–H and O–H groups in total. The van der Waals surface area contributed by atoms with Crippen LogP contribution in [0.2, 0.25) is 0 Å². The third kappa shape index (κ3) is 3.53. The van der Waals surface area contributed by atoms with Crippen molar-refractivity contribution in [3.05, 3.63) is 35.6 Å². The van der Waals surface area contributed by atoms with Crippen LogP contribution in [0, 0.1) is 5.82 Å². The number of carboxylic acids is 1. The minimum atomic E-state index is -0.824. The fraction of sp³-hybridized carbons (Fsp3) is 0.533. The van der Waals surface area contributed by atoms with Gasteiger partial charge < -0.3 is 5.11 Å². The van der Waals surface area contributed by atoms with Crippen LogP contribution >= 0.6 is 0 Å². The van der Waals surface area contributed by atoms with E-state index in [9.17, 15) is 9.18 Å². The van der Waals surface area contributed by atoms with Gasteiger partial charge in [-0.05, 0) is 37.5 Å². The van der Waals surface area contributed by atoms with E-state index in [-0.39, 0.29) is 18.4 Å². The molecule has 0 radical (unpaired) electrons. The fourth-order valence-corrected chi connectivity index (χ4v) is 2.93. The van der Waals surface area contributed by atoms with Gasteiger partial charge in [0.15, 0.2) is 0 Å². The molecule has 4 heteroatoms. The standard InChI is InChI=1S/C15H20FNO2/c1-11(12-5-4-6-13(16)9-12)17(10-15(18)19)14-7-2-3-8-14/h4-6,9,11,14H,2-3,7-8,10H2,1H3,(H,18,19). The first-order valence-corrected chi connectivity index (χ1v) is 6.81. The van der Waals surface area contributed by atoms with E-state index in [1.807, 2.05) is 17.9 Å². The highest BCUT2D eigenvalue weighted by Crippen LogP contribution is 2.30. The van der Waals surface area contributed by atoms with Gasteiger partial charge in [0.1, 0.15) is 5.82 Å². The summed E-state index contributed by atoms with van der Waals surface area (Å²) in [5.41, 5.74) is 0.841. The molecule has 1 atom stereocenters. The highest BCUT2D eigenvalue weighted by molar-refractivity contribution is 5.69. The molecule has 1 aromatic rings. The summed E-state index contributed by atoms with van der Waals surface area (Å²) in [6, 6.07) is 6.66. The van der Waals surface area contributed by atoms with Gasteiger partial charge in [-0.15, -0.1) is 0 Å². The maximum Gasteiger partial charge on any atom is 0.317 e. The van der Waals surface area contributed by atoms with Gasteiger partial charge in [-0.25, -0.2) is 4.39 Å². The predicted molar refractivity (Wildman–Crippen MR) is 71.4 cm³/mol. The molecule has 0 aromatic heterocycles. The number of carbonyl (C=O) groups is 1. The van der Waals surface area contributed by atoms with Crippen molar-refractivity contribution in [2.45, 2.75) is 44.7 Å². The van der Waals surface area contributed by atoms with Crippen molar-refractivity contribution in [3.63, 3.8) is 0 Å². The summed E-state index contributed by atoms with van der Waals surface area (Å²) >= 11 is 0. The molecule has 3 nitrogen and oxygen atoms in total. The van der Waals surface area contributed by atoms with Crippen LogP contribution in [0.3, 0.4) is 0 Å². The van der Waals surface area contributed by atoms with Gasteiger partial charge in [-0.2, -0.15) is 0 Å². The van der Waals surface area contributed by atoms with E-state index in [1.165, 1.54) is 12.1 Å². The fourth-order valence-electron chi connectivity index (χ4n) is 2.93. The lowest BCUT2D eigenvalue weighted by Gasteiger charge is -2.33. The Labute approximate surface area is 113 Å². The molecule has 0 amide bonds. The summed E-state index contributed by atoms with van der Waals surface area (Å²) in [5, 5.41) is 9.08. The lowest BCUT2D eigenvalue weighted by molar-refractivity contribution is -0.139. The molecule has 1 fully saturated rings. The van der Waals surface area contributed by atoms with Gasteiger partial charge in [0.25, 0.3) is 0 Å². The molecule has 2 rings (SSSR count). The second-order valence-corrected chi connectivity index (χ2v) is 5.24. The Morgan fingerprint density at radius 1 is 1.47 bits per heavy atom. The average Bonchev–Trinajstić information content (AvgIpc) is 2.88. The van der Waals surface area contributed by atoms with Crippen LogP contribution in [0.4, 0.5) is 4.39 Å². The Kier molecular flexibility index (Phi) is 4.53. The number of benzene rings is 1. The quantitative estimate of drug-likeness (QED) is 0.888. The van der Waals surface area contributed by atoms with Gasteiger partial charge in [0.05, 0.1) is 6.54 Å². The topological polar surface area (TPSA) is 40.5 Å². The monoisotopic (exact) mass is 265 g/mol. The molecule has 1 unspecified atom stereocenters. The summed E-state index contributed by atoms with van der Waals surface area (Å²) in [6.45, 7) is 1.97. The average molecular weight is 265 g/mol. The summed E-state index contributed by atoms with van der Waals surface area (Å²) < 4.78 is 13.3. The van der Waals surface area contributed by atoms with Crippen molar-refractivity contribution in [1.82, 2.24) is 4.90 Å². The highest BCUT2D eigenvalue weighted by atomic mass is 19.1. The van der Waals surface area contributed by atoms with Crippen LogP contribution < -0.4 is 0 Å². The molecule has 0 bridgehead atoms. The maximum absolute atomic E-state index is 13.3. The van der Waals surface area contributed by atoms with Crippen LogP contribution in [-0.2, 0) is 4.79 Å². The van der Waals surface area contributed by atoms with Crippen LogP contribution in [0.1, 0.15) is 44.2 Å². The number of aliphatic carboxylic acids is 1. The molecule has 1 aliphatic rings. The summed E-state index contributed by atoms with van der Waals surface area (Å²) in [7, 11) is 0. The third-order valence-electron chi connectivity index (χ3n) is 3.94. The molecule has 0 spiro atoms. The van der Waals surface area contributed by atoms with Gasteiger partial charge in [-0.3, -0.25) is 9.69 Å². The van der Waals surface area contributed by atoms with E-state index >= 15 is 0 Å². The lowest BCUT2D eigenvalue weighted by Crippen LogP contribution is -2.39.